The Morgan fingerprint density at radius 3 is 1.94 bits per heavy atom. The molecule has 4 fully saturated rings. The van der Waals surface area contributed by atoms with Gasteiger partial charge in [0.05, 0.1) is 0 Å². The summed E-state index contributed by atoms with van der Waals surface area (Å²) in [4.78, 5) is 0. The Morgan fingerprint density at radius 1 is 1.06 bits per heavy atom. The van der Waals surface area contributed by atoms with E-state index < -0.39 is 11.9 Å². The van der Waals surface area contributed by atoms with Crippen molar-refractivity contribution in [2.24, 2.45) is 28.8 Å². The third-order valence-electron chi connectivity index (χ3n) is 4.78. The summed E-state index contributed by atoms with van der Waals surface area (Å²) in [5.41, 5.74) is -0.266. The molecule has 0 unspecified atom stereocenters. The number of hydrogen-bond acceptors (Lipinski definition) is 2. The zero-order chi connectivity index (χ0) is 12.9. The lowest BCUT2D eigenvalue weighted by Gasteiger charge is -2.51. The van der Waals surface area contributed by atoms with E-state index in [4.69, 9.17) is 5.21 Å². The van der Waals surface area contributed by atoms with E-state index in [1.165, 1.54) is 6.42 Å². The monoisotopic (exact) mass is 259 g/mol. The van der Waals surface area contributed by atoms with Crippen molar-refractivity contribution in [3.63, 3.8) is 0 Å². The fourth-order valence-electron chi connectivity index (χ4n) is 4.29. The number of allylic oxidation sites excluding steroid dienone is 2. The molecule has 4 aliphatic rings. The van der Waals surface area contributed by atoms with Crippen molar-refractivity contribution in [1.29, 1.82) is 0 Å². The molecule has 0 spiro atoms. The van der Waals surface area contributed by atoms with Gasteiger partial charge in [0.1, 0.15) is 0 Å². The molecular formula is C13H16F3NO. The summed E-state index contributed by atoms with van der Waals surface area (Å²) in [6.07, 6.45) is 1.90. The predicted molar refractivity (Wildman–Crippen MR) is 60.4 cm³/mol. The highest BCUT2D eigenvalue weighted by Crippen LogP contribution is 2.56. The first-order valence-corrected chi connectivity index (χ1v) is 6.48. The zero-order valence-corrected chi connectivity index (χ0v) is 9.95. The van der Waals surface area contributed by atoms with Crippen molar-refractivity contribution >= 4 is 5.71 Å². The summed E-state index contributed by atoms with van der Waals surface area (Å²) in [6, 6.07) is 0. The Labute approximate surface area is 104 Å². The van der Waals surface area contributed by atoms with E-state index in [1.54, 1.807) is 0 Å². The van der Waals surface area contributed by atoms with Crippen molar-refractivity contribution < 1.29 is 18.4 Å². The summed E-state index contributed by atoms with van der Waals surface area (Å²) in [7, 11) is 0. The maximum absolute atomic E-state index is 12.6. The Hall–Kier alpha value is -1.00. The van der Waals surface area contributed by atoms with E-state index in [2.05, 4.69) is 5.16 Å². The summed E-state index contributed by atoms with van der Waals surface area (Å²) < 4.78 is 37.8. The molecule has 1 N–H and O–H groups in total. The van der Waals surface area contributed by atoms with E-state index in [9.17, 15) is 13.2 Å². The summed E-state index contributed by atoms with van der Waals surface area (Å²) in [5, 5.41) is 11.0. The van der Waals surface area contributed by atoms with Crippen LogP contribution in [0.15, 0.2) is 16.8 Å². The van der Waals surface area contributed by atoms with Crippen LogP contribution in [-0.2, 0) is 0 Å². The Balaban J connectivity index is 1.88. The van der Waals surface area contributed by atoms with Gasteiger partial charge in [0.2, 0.25) is 0 Å². The number of nitrogens with zero attached hydrogens (tertiary/aromatic N) is 1. The van der Waals surface area contributed by atoms with Crippen LogP contribution in [-0.4, -0.2) is 17.1 Å². The van der Waals surface area contributed by atoms with Gasteiger partial charge >= 0.3 is 6.18 Å². The second-order valence-corrected chi connectivity index (χ2v) is 5.93. The number of halogens is 3. The van der Waals surface area contributed by atoms with Gasteiger partial charge in [0.25, 0.3) is 0 Å². The number of rotatable bonds is 1. The van der Waals surface area contributed by atoms with E-state index in [1.807, 2.05) is 0 Å². The number of hydrogen-bond donors (Lipinski definition) is 1. The Bertz CT molecular complexity index is 381. The molecule has 18 heavy (non-hydrogen) atoms. The molecule has 0 aromatic heterocycles. The van der Waals surface area contributed by atoms with Crippen molar-refractivity contribution in [2.75, 3.05) is 0 Å². The Kier molecular flexibility index (Phi) is 2.68. The van der Waals surface area contributed by atoms with Crippen LogP contribution in [0, 0.1) is 23.7 Å². The molecule has 0 atom stereocenters. The second-order valence-electron chi connectivity index (χ2n) is 5.93. The van der Waals surface area contributed by atoms with Crippen LogP contribution in [0.1, 0.15) is 32.1 Å². The molecule has 2 nitrogen and oxygen atoms in total. The molecule has 0 heterocycles. The van der Waals surface area contributed by atoms with Crippen LogP contribution in [0.3, 0.4) is 0 Å². The van der Waals surface area contributed by atoms with Crippen LogP contribution in [0.4, 0.5) is 13.2 Å². The molecule has 0 aliphatic heterocycles. The van der Waals surface area contributed by atoms with Gasteiger partial charge in [-0.1, -0.05) is 10.7 Å². The molecule has 4 aliphatic carbocycles. The summed E-state index contributed by atoms with van der Waals surface area (Å²) in [5.74, 6) is 2.01. The lowest BCUT2D eigenvalue weighted by atomic mass is 9.54. The third-order valence-corrected chi connectivity index (χ3v) is 4.78. The largest absolute Gasteiger partial charge is 0.436 e. The minimum Gasteiger partial charge on any atom is -0.410 e. The summed E-state index contributed by atoms with van der Waals surface area (Å²) in [6.45, 7) is 0. The number of oxime groups is 1. The minimum absolute atomic E-state index is 0.292. The van der Waals surface area contributed by atoms with Gasteiger partial charge in [0.15, 0.2) is 5.71 Å². The van der Waals surface area contributed by atoms with E-state index in [0.717, 1.165) is 37.3 Å². The standard InChI is InChI=1S/C13H16F3NO/c14-13(15,16)12(17-18)6-11-9-2-7-1-8(4-9)5-10(11)3-7/h6-10,18H,1-5H2. The molecule has 5 heteroatoms. The van der Waals surface area contributed by atoms with Crippen LogP contribution in [0.2, 0.25) is 0 Å². The zero-order valence-electron chi connectivity index (χ0n) is 9.95. The van der Waals surface area contributed by atoms with Crippen molar-refractivity contribution in [3.8, 4) is 0 Å². The minimum atomic E-state index is -4.56. The van der Waals surface area contributed by atoms with Crippen molar-refractivity contribution in [1.82, 2.24) is 0 Å². The van der Waals surface area contributed by atoms with Crippen LogP contribution in [0.25, 0.3) is 0 Å². The summed E-state index contributed by atoms with van der Waals surface area (Å²) >= 11 is 0. The third kappa shape index (κ3) is 1.93. The molecule has 100 valence electrons. The van der Waals surface area contributed by atoms with E-state index in [-0.39, 0.29) is 0 Å². The lowest BCUT2D eigenvalue weighted by molar-refractivity contribution is -0.0599. The maximum atomic E-state index is 12.6. The molecule has 4 bridgehead atoms. The lowest BCUT2D eigenvalue weighted by Crippen LogP contribution is -2.41. The first-order chi connectivity index (χ1) is 8.47. The van der Waals surface area contributed by atoms with Gasteiger partial charge in [-0.2, -0.15) is 13.2 Å². The quantitative estimate of drug-likeness (QED) is 0.434. The van der Waals surface area contributed by atoms with Crippen LogP contribution in [0.5, 0.6) is 0 Å². The predicted octanol–water partition coefficient (Wildman–Crippen LogP) is 3.76. The molecule has 4 rings (SSSR count). The molecule has 0 aromatic carbocycles. The van der Waals surface area contributed by atoms with Crippen LogP contribution >= 0.6 is 0 Å². The van der Waals surface area contributed by atoms with Gasteiger partial charge in [-0.3, -0.25) is 0 Å². The Morgan fingerprint density at radius 2 is 1.56 bits per heavy atom. The maximum Gasteiger partial charge on any atom is 0.436 e. The SMILES string of the molecule is ON=C(C=C1C2CC3CC(C2)CC1C3)C(F)(F)F. The van der Waals surface area contributed by atoms with Crippen LogP contribution < -0.4 is 0 Å². The van der Waals surface area contributed by atoms with Gasteiger partial charge in [-0.05, 0) is 61.9 Å². The average Bonchev–Trinajstić information content (AvgIpc) is 2.25. The highest BCUT2D eigenvalue weighted by molar-refractivity contribution is 5.99. The molecular weight excluding hydrogens is 243 g/mol. The fraction of sp³-hybridized carbons (Fsp3) is 0.769. The van der Waals surface area contributed by atoms with Gasteiger partial charge < -0.3 is 5.21 Å². The van der Waals surface area contributed by atoms with Gasteiger partial charge in [-0.15, -0.1) is 0 Å². The first-order valence-electron chi connectivity index (χ1n) is 6.48. The topological polar surface area (TPSA) is 32.6 Å². The molecule has 0 aromatic rings. The van der Waals surface area contributed by atoms with Gasteiger partial charge in [-0.25, -0.2) is 0 Å². The first kappa shape index (κ1) is 12.1. The highest BCUT2D eigenvalue weighted by Gasteiger charge is 2.46. The smallest absolute Gasteiger partial charge is 0.410 e. The molecule has 4 saturated carbocycles. The van der Waals surface area contributed by atoms with Crippen molar-refractivity contribution in [3.05, 3.63) is 11.6 Å². The molecule has 0 saturated heterocycles. The van der Waals surface area contributed by atoms with E-state index in [0.29, 0.717) is 23.7 Å². The second kappa shape index (κ2) is 4.00. The van der Waals surface area contributed by atoms with E-state index >= 15 is 0 Å². The van der Waals surface area contributed by atoms with Gasteiger partial charge in [0, 0.05) is 0 Å². The number of alkyl halides is 3. The average molecular weight is 259 g/mol. The van der Waals surface area contributed by atoms with Crippen molar-refractivity contribution in [2.45, 2.75) is 38.3 Å². The normalized spacial score (nSPS) is 39.3. The molecule has 0 amide bonds. The molecule has 0 radical (unpaired) electrons. The fourth-order valence-corrected chi connectivity index (χ4v) is 4.29. The highest BCUT2D eigenvalue weighted by atomic mass is 19.4.